The van der Waals surface area contributed by atoms with Crippen molar-refractivity contribution in [2.45, 2.75) is 24.0 Å². The summed E-state index contributed by atoms with van der Waals surface area (Å²) in [7, 11) is -3.22. The summed E-state index contributed by atoms with van der Waals surface area (Å²) in [6, 6.07) is 6.62. The third kappa shape index (κ3) is 2.84. The predicted molar refractivity (Wildman–Crippen MR) is 64.7 cm³/mol. The van der Waals surface area contributed by atoms with Gasteiger partial charge in [-0.2, -0.15) is 0 Å². The van der Waals surface area contributed by atoms with Gasteiger partial charge in [0.15, 0.2) is 9.84 Å². The topological polar surface area (TPSA) is 60.2 Å². The summed E-state index contributed by atoms with van der Waals surface area (Å²) < 4.78 is 23.8. The summed E-state index contributed by atoms with van der Waals surface area (Å²) in [5.41, 5.74) is 5.93. The van der Waals surface area contributed by atoms with Crippen LogP contribution in [0.15, 0.2) is 29.2 Å². The molecule has 0 saturated carbocycles. The summed E-state index contributed by atoms with van der Waals surface area (Å²) in [4.78, 5) is 0.311. The smallest absolute Gasteiger partial charge is 0.180 e. The second-order valence-corrected chi connectivity index (χ2v) is 6.13. The molecular weight excluding hydrogens is 222 g/mol. The molecule has 0 radical (unpaired) electrons. The highest BCUT2D eigenvalue weighted by Gasteiger charge is 2.18. The summed E-state index contributed by atoms with van der Waals surface area (Å²) >= 11 is 0. The molecule has 0 atom stereocenters. The van der Waals surface area contributed by atoms with E-state index in [9.17, 15) is 8.42 Å². The van der Waals surface area contributed by atoms with E-state index in [1.54, 1.807) is 38.1 Å². The third-order valence-corrected chi connectivity index (χ3v) is 4.27. The number of hydrogen-bond acceptors (Lipinski definition) is 3. The van der Waals surface area contributed by atoms with Gasteiger partial charge in [-0.05, 0) is 32.0 Å². The Hall–Kier alpha value is -1.31. The molecule has 0 aliphatic rings. The normalized spacial score (nSPS) is 11.0. The van der Waals surface area contributed by atoms with Gasteiger partial charge in [-0.25, -0.2) is 8.42 Å². The lowest BCUT2D eigenvalue weighted by molar-refractivity contribution is 0.587. The van der Waals surface area contributed by atoms with Crippen molar-refractivity contribution in [3.05, 3.63) is 29.8 Å². The first-order valence-electron chi connectivity index (χ1n) is 5.01. The molecule has 0 saturated heterocycles. The van der Waals surface area contributed by atoms with Gasteiger partial charge in [0.25, 0.3) is 0 Å². The fraction of sp³-hybridized carbons (Fsp3) is 0.333. The summed E-state index contributed by atoms with van der Waals surface area (Å²) in [5, 5.41) is -0.426. The van der Waals surface area contributed by atoms with Crippen LogP contribution in [-0.4, -0.2) is 20.2 Å². The third-order valence-electron chi connectivity index (χ3n) is 2.12. The Morgan fingerprint density at radius 1 is 1.38 bits per heavy atom. The standard InChI is InChI=1S/C12H15NO2S/c1-10(2)16(14,15)12-7-3-5-11(9-12)6-4-8-13/h3,5,7,9-10H,8,13H2,1-2H3. The van der Waals surface area contributed by atoms with Crippen molar-refractivity contribution in [2.75, 3.05) is 6.54 Å². The van der Waals surface area contributed by atoms with Crippen LogP contribution in [0.3, 0.4) is 0 Å². The van der Waals surface area contributed by atoms with Crippen molar-refractivity contribution >= 4 is 9.84 Å². The van der Waals surface area contributed by atoms with E-state index in [4.69, 9.17) is 5.73 Å². The Kier molecular flexibility index (Phi) is 4.11. The Bertz CT molecular complexity index is 521. The fourth-order valence-corrected chi connectivity index (χ4v) is 2.28. The SMILES string of the molecule is CC(C)S(=O)(=O)c1cccc(C#CCN)c1. The molecule has 0 heterocycles. The van der Waals surface area contributed by atoms with E-state index in [1.165, 1.54) is 0 Å². The minimum atomic E-state index is -3.22. The molecule has 0 aromatic heterocycles. The first-order valence-corrected chi connectivity index (χ1v) is 6.56. The number of hydrogen-bond donors (Lipinski definition) is 1. The van der Waals surface area contributed by atoms with Crippen molar-refractivity contribution in [3.8, 4) is 11.8 Å². The van der Waals surface area contributed by atoms with Gasteiger partial charge in [0.2, 0.25) is 0 Å². The van der Waals surface area contributed by atoms with Crippen molar-refractivity contribution in [3.63, 3.8) is 0 Å². The molecule has 86 valence electrons. The number of rotatable bonds is 2. The number of benzene rings is 1. The highest BCUT2D eigenvalue weighted by molar-refractivity contribution is 7.92. The quantitative estimate of drug-likeness (QED) is 0.786. The first kappa shape index (κ1) is 12.8. The van der Waals surface area contributed by atoms with Gasteiger partial charge in [0.1, 0.15) is 0 Å². The summed E-state index contributed by atoms with van der Waals surface area (Å²) in [5.74, 6) is 5.51. The molecule has 1 rings (SSSR count). The van der Waals surface area contributed by atoms with E-state index < -0.39 is 15.1 Å². The molecule has 0 fully saturated rings. The van der Waals surface area contributed by atoms with Crippen molar-refractivity contribution in [1.82, 2.24) is 0 Å². The monoisotopic (exact) mass is 237 g/mol. The summed E-state index contributed by atoms with van der Waals surface area (Å²) in [6.07, 6.45) is 0. The maximum atomic E-state index is 11.9. The number of sulfone groups is 1. The molecule has 16 heavy (non-hydrogen) atoms. The van der Waals surface area contributed by atoms with Gasteiger partial charge in [-0.3, -0.25) is 0 Å². The molecule has 0 aliphatic carbocycles. The average Bonchev–Trinajstić information content (AvgIpc) is 2.26. The van der Waals surface area contributed by atoms with E-state index >= 15 is 0 Å². The van der Waals surface area contributed by atoms with E-state index in [-0.39, 0.29) is 6.54 Å². The zero-order valence-electron chi connectivity index (χ0n) is 9.40. The maximum Gasteiger partial charge on any atom is 0.180 e. The molecule has 1 aromatic carbocycles. The highest BCUT2D eigenvalue weighted by atomic mass is 32.2. The molecule has 3 nitrogen and oxygen atoms in total. The van der Waals surface area contributed by atoms with Crippen LogP contribution in [-0.2, 0) is 9.84 Å². The highest BCUT2D eigenvalue weighted by Crippen LogP contribution is 2.16. The van der Waals surface area contributed by atoms with Crippen LogP contribution in [0.25, 0.3) is 0 Å². The van der Waals surface area contributed by atoms with Crippen LogP contribution in [0.5, 0.6) is 0 Å². The van der Waals surface area contributed by atoms with E-state index in [0.29, 0.717) is 10.5 Å². The van der Waals surface area contributed by atoms with Crippen LogP contribution in [0, 0.1) is 11.8 Å². The van der Waals surface area contributed by atoms with Gasteiger partial charge in [0.05, 0.1) is 16.7 Å². The lowest BCUT2D eigenvalue weighted by atomic mass is 10.2. The lowest BCUT2D eigenvalue weighted by Crippen LogP contribution is -2.13. The summed E-state index contributed by atoms with van der Waals surface area (Å²) in [6.45, 7) is 3.59. The molecule has 0 bridgehead atoms. The Balaban J connectivity index is 3.18. The van der Waals surface area contributed by atoms with E-state index in [1.807, 2.05) is 0 Å². The Morgan fingerprint density at radius 2 is 2.06 bits per heavy atom. The molecule has 0 spiro atoms. The molecular formula is C12H15NO2S. The fourth-order valence-electron chi connectivity index (χ4n) is 1.18. The predicted octanol–water partition coefficient (Wildman–Crippen LogP) is 1.18. The second kappa shape index (κ2) is 5.15. The molecule has 2 N–H and O–H groups in total. The first-order chi connectivity index (χ1) is 7.48. The Morgan fingerprint density at radius 3 is 2.62 bits per heavy atom. The molecule has 0 aliphatic heterocycles. The van der Waals surface area contributed by atoms with Crippen molar-refractivity contribution < 1.29 is 8.42 Å². The van der Waals surface area contributed by atoms with Crippen molar-refractivity contribution in [2.24, 2.45) is 5.73 Å². The molecule has 4 heteroatoms. The Labute approximate surface area is 96.6 Å². The van der Waals surface area contributed by atoms with Crippen molar-refractivity contribution in [1.29, 1.82) is 0 Å². The van der Waals surface area contributed by atoms with E-state index in [0.717, 1.165) is 0 Å². The zero-order chi connectivity index (χ0) is 12.2. The van der Waals surface area contributed by atoms with Crippen LogP contribution < -0.4 is 5.73 Å². The van der Waals surface area contributed by atoms with Gasteiger partial charge in [0, 0.05) is 5.56 Å². The largest absolute Gasteiger partial charge is 0.320 e. The maximum absolute atomic E-state index is 11.9. The number of nitrogens with two attached hydrogens (primary N) is 1. The van der Waals surface area contributed by atoms with Crippen LogP contribution in [0.2, 0.25) is 0 Å². The van der Waals surface area contributed by atoms with Gasteiger partial charge >= 0.3 is 0 Å². The van der Waals surface area contributed by atoms with Gasteiger partial charge in [-0.1, -0.05) is 17.9 Å². The molecule has 1 aromatic rings. The molecule has 0 unspecified atom stereocenters. The van der Waals surface area contributed by atoms with Crippen LogP contribution >= 0.6 is 0 Å². The average molecular weight is 237 g/mol. The minimum absolute atomic E-state index is 0.265. The van der Waals surface area contributed by atoms with Crippen LogP contribution in [0.4, 0.5) is 0 Å². The lowest BCUT2D eigenvalue weighted by Gasteiger charge is -2.07. The van der Waals surface area contributed by atoms with Crippen LogP contribution in [0.1, 0.15) is 19.4 Å². The zero-order valence-corrected chi connectivity index (χ0v) is 10.2. The van der Waals surface area contributed by atoms with E-state index in [2.05, 4.69) is 11.8 Å². The minimum Gasteiger partial charge on any atom is -0.320 e. The second-order valence-electron chi connectivity index (χ2n) is 3.63. The molecule has 0 amide bonds. The van der Waals surface area contributed by atoms with Gasteiger partial charge < -0.3 is 5.73 Å². The van der Waals surface area contributed by atoms with Gasteiger partial charge in [-0.15, -0.1) is 0 Å².